The topological polar surface area (TPSA) is 29.9 Å². The minimum atomic E-state index is 0.558. The number of aromatic nitrogens is 2. The van der Waals surface area contributed by atoms with Gasteiger partial charge in [0.2, 0.25) is 0 Å². The molecule has 0 radical (unpaired) electrons. The fourth-order valence-electron chi connectivity index (χ4n) is 0.957. The second-order valence-electron chi connectivity index (χ2n) is 2.80. The standard InChI is InChI=1S/C9H14ClN3/c1-8-7-9(12-13(8)2)11-6-4-3-5-10/h3-4,7H,5-6H2,1-2H3,(H,11,12)/b4-3+. The molecule has 0 unspecified atom stereocenters. The zero-order valence-electron chi connectivity index (χ0n) is 7.92. The van der Waals surface area contributed by atoms with Crippen LogP contribution in [0.15, 0.2) is 18.2 Å². The maximum absolute atomic E-state index is 5.48. The van der Waals surface area contributed by atoms with Crippen LogP contribution in [0.4, 0.5) is 5.82 Å². The van der Waals surface area contributed by atoms with Crippen molar-refractivity contribution in [3.63, 3.8) is 0 Å². The number of aryl methyl sites for hydroxylation is 2. The van der Waals surface area contributed by atoms with Crippen molar-refractivity contribution in [3.8, 4) is 0 Å². The van der Waals surface area contributed by atoms with Gasteiger partial charge < -0.3 is 5.32 Å². The van der Waals surface area contributed by atoms with Crippen LogP contribution in [0, 0.1) is 6.92 Å². The molecule has 0 aromatic carbocycles. The van der Waals surface area contributed by atoms with Gasteiger partial charge in [-0.3, -0.25) is 4.68 Å². The summed E-state index contributed by atoms with van der Waals surface area (Å²) in [4.78, 5) is 0. The summed E-state index contributed by atoms with van der Waals surface area (Å²) in [6.07, 6.45) is 3.89. The Morgan fingerprint density at radius 3 is 2.92 bits per heavy atom. The zero-order chi connectivity index (χ0) is 9.68. The van der Waals surface area contributed by atoms with E-state index in [1.54, 1.807) is 0 Å². The summed E-state index contributed by atoms with van der Waals surface area (Å²) in [5.41, 5.74) is 1.14. The highest BCUT2D eigenvalue weighted by Crippen LogP contribution is 2.05. The number of hydrogen-bond donors (Lipinski definition) is 1. The van der Waals surface area contributed by atoms with Crippen LogP contribution in [0.3, 0.4) is 0 Å². The Morgan fingerprint density at radius 1 is 1.62 bits per heavy atom. The first-order valence-electron chi connectivity index (χ1n) is 4.19. The number of nitrogens with zero attached hydrogens (tertiary/aromatic N) is 2. The van der Waals surface area contributed by atoms with Gasteiger partial charge in [-0.05, 0) is 6.92 Å². The van der Waals surface area contributed by atoms with E-state index < -0.39 is 0 Å². The highest BCUT2D eigenvalue weighted by atomic mass is 35.5. The Kier molecular flexibility index (Phi) is 3.83. The molecule has 0 aliphatic rings. The number of allylic oxidation sites excluding steroid dienone is 1. The van der Waals surface area contributed by atoms with Gasteiger partial charge in [0.05, 0.1) is 0 Å². The molecule has 0 amide bonds. The highest BCUT2D eigenvalue weighted by molar-refractivity contribution is 6.18. The predicted molar refractivity (Wildman–Crippen MR) is 56.3 cm³/mol. The Labute approximate surface area is 83.4 Å². The van der Waals surface area contributed by atoms with Crippen LogP contribution >= 0.6 is 11.6 Å². The summed E-state index contributed by atoms with van der Waals surface area (Å²) in [5.74, 6) is 1.46. The van der Waals surface area contributed by atoms with E-state index in [2.05, 4.69) is 10.4 Å². The Hall–Kier alpha value is -0.960. The Morgan fingerprint density at radius 2 is 2.38 bits per heavy atom. The van der Waals surface area contributed by atoms with E-state index in [1.165, 1.54) is 0 Å². The van der Waals surface area contributed by atoms with Gasteiger partial charge in [-0.2, -0.15) is 5.10 Å². The van der Waals surface area contributed by atoms with Crippen LogP contribution in [0.2, 0.25) is 0 Å². The molecule has 13 heavy (non-hydrogen) atoms. The molecule has 0 fully saturated rings. The van der Waals surface area contributed by atoms with Gasteiger partial charge in [0.1, 0.15) is 5.82 Å². The Balaban J connectivity index is 2.41. The maximum Gasteiger partial charge on any atom is 0.148 e. The average Bonchev–Trinajstić information content (AvgIpc) is 2.41. The molecule has 0 aliphatic carbocycles. The van der Waals surface area contributed by atoms with Crippen molar-refractivity contribution in [2.75, 3.05) is 17.7 Å². The van der Waals surface area contributed by atoms with E-state index in [0.29, 0.717) is 5.88 Å². The van der Waals surface area contributed by atoms with Gasteiger partial charge in [-0.25, -0.2) is 0 Å². The van der Waals surface area contributed by atoms with Crippen LogP contribution < -0.4 is 5.32 Å². The van der Waals surface area contributed by atoms with E-state index in [4.69, 9.17) is 11.6 Å². The molecule has 1 aromatic heterocycles. The van der Waals surface area contributed by atoms with Crippen molar-refractivity contribution in [1.29, 1.82) is 0 Å². The van der Waals surface area contributed by atoms with Crippen LogP contribution in [0.25, 0.3) is 0 Å². The summed E-state index contributed by atoms with van der Waals surface area (Å²) >= 11 is 5.48. The van der Waals surface area contributed by atoms with E-state index in [-0.39, 0.29) is 0 Å². The molecule has 4 heteroatoms. The summed E-state index contributed by atoms with van der Waals surface area (Å²) in [5, 5.41) is 7.41. The molecule has 1 rings (SSSR count). The molecule has 1 aromatic rings. The largest absolute Gasteiger partial charge is 0.365 e. The van der Waals surface area contributed by atoms with Crippen molar-refractivity contribution in [1.82, 2.24) is 9.78 Å². The van der Waals surface area contributed by atoms with Crippen molar-refractivity contribution in [2.45, 2.75) is 6.92 Å². The van der Waals surface area contributed by atoms with E-state index in [9.17, 15) is 0 Å². The SMILES string of the molecule is Cc1cc(NC/C=C/CCl)nn1C. The first-order chi connectivity index (χ1) is 6.24. The number of nitrogens with one attached hydrogen (secondary N) is 1. The molecule has 0 spiro atoms. The van der Waals surface area contributed by atoms with Gasteiger partial charge in [0.25, 0.3) is 0 Å². The molecule has 1 heterocycles. The lowest BCUT2D eigenvalue weighted by Crippen LogP contribution is -2.00. The molecule has 1 N–H and O–H groups in total. The first kappa shape index (κ1) is 10.1. The second kappa shape index (κ2) is 4.92. The molecule has 0 aliphatic heterocycles. The average molecular weight is 200 g/mol. The number of hydrogen-bond acceptors (Lipinski definition) is 2. The lowest BCUT2D eigenvalue weighted by molar-refractivity contribution is 0.742. The van der Waals surface area contributed by atoms with E-state index in [1.807, 2.05) is 36.9 Å². The monoisotopic (exact) mass is 199 g/mol. The minimum absolute atomic E-state index is 0.558. The fourth-order valence-corrected chi connectivity index (χ4v) is 1.08. The van der Waals surface area contributed by atoms with Crippen molar-refractivity contribution in [3.05, 3.63) is 23.9 Å². The lowest BCUT2D eigenvalue weighted by Gasteiger charge is -1.95. The van der Waals surface area contributed by atoms with Crippen LogP contribution in [0.1, 0.15) is 5.69 Å². The third-order valence-corrected chi connectivity index (χ3v) is 1.95. The first-order valence-corrected chi connectivity index (χ1v) is 4.73. The maximum atomic E-state index is 5.48. The third-order valence-electron chi connectivity index (χ3n) is 1.77. The predicted octanol–water partition coefficient (Wildman–Crippen LogP) is 1.94. The molecule has 0 bridgehead atoms. The number of rotatable bonds is 4. The van der Waals surface area contributed by atoms with Crippen molar-refractivity contribution < 1.29 is 0 Å². The summed E-state index contributed by atoms with van der Waals surface area (Å²) in [6.45, 7) is 2.79. The molecule has 3 nitrogen and oxygen atoms in total. The third kappa shape index (κ3) is 3.11. The molecular formula is C9H14ClN3. The smallest absolute Gasteiger partial charge is 0.148 e. The minimum Gasteiger partial charge on any atom is -0.365 e. The van der Waals surface area contributed by atoms with Crippen LogP contribution in [0.5, 0.6) is 0 Å². The van der Waals surface area contributed by atoms with Crippen LogP contribution in [-0.4, -0.2) is 22.2 Å². The summed E-state index contributed by atoms with van der Waals surface area (Å²) < 4.78 is 1.84. The van der Waals surface area contributed by atoms with Gasteiger partial charge in [-0.15, -0.1) is 11.6 Å². The Bertz CT molecular complexity index is 272. The molecule has 72 valence electrons. The molecule has 0 saturated carbocycles. The van der Waals surface area contributed by atoms with Crippen LogP contribution in [-0.2, 0) is 7.05 Å². The molecular weight excluding hydrogens is 186 g/mol. The fraction of sp³-hybridized carbons (Fsp3) is 0.444. The highest BCUT2D eigenvalue weighted by Gasteiger charge is 1.97. The van der Waals surface area contributed by atoms with E-state index >= 15 is 0 Å². The van der Waals surface area contributed by atoms with E-state index in [0.717, 1.165) is 18.1 Å². The normalized spacial score (nSPS) is 11.0. The van der Waals surface area contributed by atoms with Gasteiger partial charge >= 0.3 is 0 Å². The molecule has 0 saturated heterocycles. The molecule has 0 atom stereocenters. The second-order valence-corrected chi connectivity index (χ2v) is 3.11. The quantitative estimate of drug-likeness (QED) is 0.593. The van der Waals surface area contributed by atoms with Gasteiger partial charge in [-0.1, -0.05) is 12.2 Å². The lowest BCUT2D eigenvalue weighted by atomic mass is 10.4. The van der Waals surface area contributed by atoms with Crippen molar-refractivity contribution in [2.24, 2.45) is 7.05 Å². The van der Waals surface area contributed by atoms with Gasteiger partial charge in [0.15, 0.2) is 0 Å². The van der Waals surface area contributed by atoms with Crippen molar-refractivity contribution >= 4 is 17.4 Å². The summed E-state index contributed by atoms with van der Waals surface area (Å²) in [6, 6.07) is 2.01. The number of halogens is 1. The number of anilines is 1. The zero-order valence-corrected chi connectivity index (χ0v) is 8.67. The number of alkyl halides is 1. The summed E-state index contributed by atoms with van der Waals surface area (Å²) in [7, 11) is 1.93. The van der Waals surface area contributed by atoms with Gasteiger partial charge in [0, 0.05) is 31.2 Å².